The third-order valence-corrected chi connectivity index (χ3v) is 3.64. The van der Waals surface area contributed by atoms with Crippen LogP contribution in [0.2, 0.25) is 0 Å². The number of rotatable bonds is 1. The molecule has 1 aromatic carbocycles. The number of aromatic nitrogens is 5. The predicted octanol–water partition coefficient (Wildman–Crippen LogP) is 1.72. The van der Waals surface area contributed by atoms with E-state index in [4.69, 9.17) is 0 Å². The number of halogens is 1. The first-order valence-electron chi connectivity index (χ1n) is 6.45. The summed E-state index contributed by atoms with van der Waals surface area (Å²) in [4.78, 5) is 8.82. The molecule has 1 aliphatic rings. The molecule has 1 N–H and O–H groups in total. The fraction of sp³-hybridized carbons (Fsp3) is 0.214. The van der Waals surface area contributed by atoms with Crippen molar-refractivity contribution < 1.29 is 5.11 Å². The van der Waals surface area contributed by atoms with Gasteiger partial charge < -0.3 is 9.67 Å². The normalized spacial score (nSPS) is 11.9. The lowest BCUT2D eigenvalue weighted by Gasteiger charge is -2.07. The molecule has 3 aromatic rings. The van der Waals surface area contributed by atoms with Gasteiger partial charge in [0.25, 0.3) is 0 Å². The summed E-state index contributed by atoms with van der Waals surface area (Å²) in [5.41, 5.74) is 4.11. The number of hydrogen-bond acceptors (Lipinski definition) is 4. The van der Waals surface area contributed by atoms with Gasteiger partial charge in [0.15, 0.2) is 11.6 Å². The number of aliphatic hydroxyl groups excluding tert-OH is 1. The van der Waals surface area contributed by atoms with E-state index in [1.54, 1.807) is 0 Å². The smallest absolute Gasteiger partial charge is 0.176 e. The van der Waals surface area contributed by atoms with Crippen LogP contribution in [0.25, 0.3) is 17.1 Å². The quantitative estimate of drug-likeness (QED) is 0.581. The maximum Gasteiger partial charge on any atom is 0.176 e. The predicted molar refractivity (Wildman–Crippen MR) is 79.6 cm³/mol. The van der Waals surface area contributed by atoms with E-state index in [1.165, 1.54) is 0 Å². The van der Waals surface area contributed by atoms with Crippen LogP contribution in [0.3, 0.4) is 0 Å². The fourth-order valence-electron chi connectivity index (χ4n) is 2.64. The number of imidazole rings is 1. The summed E-state index contributed by atoms with van der Waals surface area (Å²) in [6.45, 7) is 2.44. The van der Waals surface area contributed by atoms with E-state index >= 15 is 0 Å². The van der Waals surface area contributed by atoms with Gasteiger partial charge in [-0.25, -0.2) is 14.6 Å². The monoisotopic (exact) mass is 303 g/mol. The van der Waals surface area contributed by atoms with Crippen molar-refractivity contribution in [3.63, 3.8) is 0 Å². The van der Waals surface area contributed by atoms with Crippen molar-refractivity contribution in [3.05, 3.63) is 47.8 Å². The Labute approximate surface area is 127 Å². The van der Waals surface area contributed by atoms with Crippen LogP contribution in [-0.4, -0.2) is 29.4 Å². The number of para-hydroxylation sites is 1. The van der Waals surface area contributed by atoms with Crippen LogP contribution in [0.15, 0.2) is 30.6 Å². The Morgan fingerprint density at radius 2 is 2.10 bits per heavy atom. The zero-order valence-electron chi connectivity index (χ0n) is 11.4. The van der Waals surface area contributed by atoms with Gasteiger partial charge in [-0.3, -0.25) is 0 Å². The molecule has 7 heteroatoms. The molecule has 3 heterocycles. The minimum atomic E-state index is -0.152. The highest BCUT2D eigenvalue weighted by molar-refractivity contribution is 5.85. The topological polar surface area (TPSA) is 68.8 Å². The summed E-state index contributed by atoms with van der Waals surface area (Å²) < 4.78 is 3.91. The van der Waals surface area contributed by atoms with E-state index in [2.05, 4.69) is 19.6 Å². The molecule has 0 saturated heterocycles. The molecule has 1 aliphatic heterocycles. The summed E-state index contributed by atoms with van der Waals surface area (Å²) in [5.74, 6) is 1.23. The highest BCUT2D eigenvalue weighted by Gasteiger charge is 2.23. The number of fused-ring (bicyclic) bond motifs is 5. The molecule has 6 nitrogen and oxygen atoms in total. The van der Waals surface area contributed by atoms with E-state index in [9.17, 15) is 5.11 Å². The lowest BCUT2D eigenvalue weighted by molar-refractivity contribution is 0.270. The van der Waals surface area contributed by atoms with Crippen LogP contribution in [-0.2, 0) is 13.2 Å². The molecule has 2 aromatic heterocycles. The number of benzene rings is 1. The maximum atomic E-state index is 9.26. The van der Waals surface area contributed by atoms with E-state index in [0.717, 1.165) is 28.5 Å². The van der Waals surface area contributed by atoms with Crippen molar-refractivity contribution in [3.8, 4) is 17.1 Å². The Kier molecular flexibility index (Phi) is 3.27. The lowest BCUT2D eigenvalue weighted by atomic mass is 10.1. The van der Waals surface area contributed by atoms with E-state index in [-0.39, 0.29) is 19.0 Å². The molecule has 0 fully saturated rings. The Hall–Kier alpha value is -2.18. The van der Waals surface area contributed by atoms with Crippen molar-refractivity contribution in [1.29, 1.82) is 0 Å². The van der Waals surface area contributed by atoms with Gasteiger partial charge in [0, 0.05) is 5.56 Å². The molecule has 0 atom stereocenters. The van der Waals surface area contributed by atoms with Gasteiger partial charge in [-0.15, -0.1) is 12.4 Å². The third kappa shape index (κ3) is 1.95. The highest BCUT2D eigenvalue weighted by atomic mass is 35.5. The molecule has 21 heavy (non-hydrogen) atoms. The zero-order chi connectivity index (χ0) is 13.7. The first kappa shape index (κ1) is 13.8. The van der Waals surface area contributed by atoms with Crippen molar-refractivity contribution in [2.45, 2.75) is 20.1 Å². The highest BCUT2D eigenvalue weighted by Crippen LogP contribution is 2.30. The molecular weight excluding hydrogens is 290 g/mol. The first-order chi connectivity index (χ1) is 9.78. The molecule has 0 amide bonds. The molecule has 0 radical (unpaired) electrons. The number of nitrogens with zero attached hydrogens (tertiary/aromatic N) is 5. The fourth-order valence-corrected chi connectivity index (χ4v) is 2.64. The van der Waals surface area contributed by atoms with Crippen LogP contribution in [0, 0.1) is 6.92 Å². The van der Waals surface area contributed by atoms with E-state index in [0.29, 0.717) is 12.4 Å². The second-order valence-corrected chi connectivity index (χ2v) is 4.83. The third-order valence-electron chi connectivity index (χ3n) is 3.64. The average molecular weight is 304 g/mol. The van der Waals surface area contributed by atoms with Crippen molar-refractivity contribution >= 4 is 12.4 Å². The van der Waals surface area contributed by atoms with Gasteiger partial charge in [-0.05, 0) is 19.1 Å². The van der Waals surface area contributed by atoms with Gasteiger partial charge in [0.05, 0.1) is 29.9 Å². The van der Waals surface area contributed by atoms with Crippen LogP contribution in [0.1, 0.15) is 17.2 Å². The average Bonchev–Trinajstić information content (AvgIpc) is 3.01. The summed E-state index contributed by atoms with van der Waals surface area (Å²) in [6, 6.07) is 8.03. The molecule has 0 aliphatic carbocycles. The minimum absolute atomic E-state index is 0. The van der Waals surface area contributed by atoms with Crippen molar-refractivity contribution in [1.82, 2.24) is 24.3 Å². The van der Waals surface area contributed by atoms with Gasteiger partial charge in [0.1, 0.15) is 6.61 Å². The van der Waals surface area contributed by atoms with Crippen molar-refractivity contribution in [2.24, 2.45) is 0 Å². The van der Waals surface area contributed by atoms with Gasteiger partial charge in [0.2, 0.25) is 0 Å². The largest absolute Gasteiger partial charge is 0.388 e. The second kappa shape index (κ2) is 4.98. The first-order valence-corrected chi connectivity index (χ1v) is 6.45. The van der Waals surface area contributed by atoms with Crippen LogP contribution >= 0.6 is 12.4 Å². The molecular formula is C14H14ClN5O. The van der Waals surface area contributed by atoms with Crippen molar-refractivity contribution in [2.75, 3.05) is 0 Å². The number of hydrogen-bond donors (Lipinski definition) is 1. The van der Waals surface area contributed by atoms with Gasteiger partial charge >= 0.3 is 0 Å². The molecule has 0 spiro atoms. The summed E-state index contributed by atoms with van der Waals surface area (Å²) >= 11 is 0. The van der Waals surface area contributed by atoms with Gasteiger partial charge in [-0.1, -0.05) is 12.1 Å². The Morgan fingerprint density at radius 1 is 1.29 bits per heavy atom. The molecule has 4 rings (SSSR count). The minimum Gasteiger partial charge on any atom is -0.388 e. The number of aliphatic hydroxyl groups is 1. The summed E-state index contributed by atoms with van der Waals surface area (Å²) in [5, 5.41) is 13.6. The number of aryl methyl sites for hydroxylation is 1. The lowest BCUT2D eigenvalue weighted by Crippen LogP contribution is -2.06. The summed E-state index contributed by atoms with van der Waals surface area (Å²) in [6.07, 6.45) is 1.84. The maximum absolute atomic E-state index is 9.26. The SMILES string of the molecule is Cc1ncn2c1Cn1nc(CO)nc1-c1ccccc1-2.Cl. The molecule has 0 unspecified atom stereocenters. The van der Waals surface area contributed by atoms with Crippen LogP contribution < -0.4 is 0 Å². The summed E-state index contributed by atoms with van der Waals surface area (Å²) in [7, 11) is 0. The van der Waals surface area contributed by atoms with Gasteiger partial charge in [-0.2, -0.15) is 5.10 Å². The van der Waals surface area contributed by atoms with Crippen LogP contribution in [0.5, 0.6) is 0 Å². The Bertz CT molecular complexity index is 808. The Balaban J connectivity index is 0.00000132. The zero-order valence-corrected chi connectivity index (χ0v) is 12.2. The standard InChI is InChI=1S/C14H13N5O.ClH/c1-9-12-6-19-14(16-13(7-20)17-19)10-4-2-3-5-11(10)18(12)8-15-9;/h2-5,8,20H,6-7H2,1H3;1H. The van der Waals surface area contributed by atoms with Crippen LogP contribution in [0.4, 0.5) is 0 Å². The Morgan fingerprint density at radius 3 is 2.90 bits per heavy atom. The molecule has 0 saturated carbocycles. The second-order valence-electron chi connectivity index (χ2n) is 4.83. The molecule has 0 bridgehead atoms. The van der Waals surface area contributed by atoms with E-state index < -0.39 is 0 Å². The molecule has 108 valence electrons. The van der Waals surface area contributed by atoms with E-state index in [1.807, 2.05) is 42.2 Å².